The summed E-state index contributed by atoms with van der Waals surface area (Å²) in [4.78, 5) is 0. The van der Waals surface area contributed by atoms with Gasteiger partial charge in [0.25, 0.3) is 0 Å². The SMILES string of the molecule is CC1(C)CCc2ccccc2/C1=N\O. The largest absolute Gasteiger partial charge is 0.411 e. The Labute approximate surface area is 84.3 Å². The van der Waals surface area contributed by atoms with E-state index in [1.54, 1.807) is 0 Å². The van der Waals surface area contributed by atoms with Gasteiger partial charge in [-0.25, -0.2) is 0 Å². The smallest absolute Gasteiger partial charge is 0.0926 e. The second kappa shape index (κ2) is 3.12. The second-order valence-electron chi connectivity index (χ2n) is 4.49. The molecule has 0 unspecified atom stereocenters. The van der Waals surface area contributed by atoms with Crippen molar-refractivity contribution in [2.75, 3.05) is 0 Å². The summed E-state index contributed by atoms with van der Waals surface area (Å²) in [6, 6.07) is 8.17. The van der Waals surface area contributed by atoms with Crippen molar-refractivity contribution in [3.05, 3.63) is 35.4 Å². The highest BCUT2D eigenvalue weighted by Crippen LogP contribution is 2.34. The van der Waals surface area contributed by atoms with Crippen LogP contribution in [-0.4, -0.2) is 10.9 Å². The van der Waals surface area contributed by atoms with Crippen LogP contribution in [0.25, 0.3) is 0 Å². The van der Waals surface area contributed by atoms with E-state index in [1.807, 2.05) is 18.2 Å². The third kappa shape index (κ3) is 1.31. The Bertz CT molecular complexity index is 380. The summed E-state index contributed by atoms with van der Waals surface area (Å²) in [5.74, 6) is 0. The van der Waals surface area contributed by atoms with Gasteiger partial charge in [0.2, 0.25) is 0 Å². The van der Waals surface area contributed by atoms with Gasteiger partial charge in [0.15, 0.2) is 0 Å². The number of aryl methyl sites for hydroxylation is 1. The fourth-order valence-electron chi connectivity index (χ4n) is 2.09. The van der Waals surface area contributed by atoms with E-state index in [0.29, 0.717) is 0 Å². The molecule has 0 saturated carbocycles. The summed E-state index contributed by atoms with van der Waals surface area (Å²) in [5.41, 5.74) is 3.20. The molecule has 74 valence electrons. The van der Waals surface area contributed by atoms with Crippen LogP contribution >= 0.6 is 0 Å². The van der Waals surface area contributed by atoms with E-state index in [4.69, 9.17) is 5.21 Å². The molecular formula is C12H15NO. The maximum Gasteiger partial charge on any atom is 0.0926 e. The van der Waals surface area contributed by atoms with Crippen molar-refractivity contribution < 1.29 is 5.21 Å². The molecule has 2 nitrogen and oxygen atoms in total. The average Bonchev–Trinajstić information content (AvgIpc) is 2.17. The van der Waals surface area contributed by atoms with Crippen LogP contribution in [0.2, 0.25) is 0 Å². The summed E-state index contributed by atoms with van der Waals surface area (Å²) in [7, 11) is 0. The Balaban J connectivity index is 2.57. The van der Waals surface area contributed by atoms with Gasteiger partial charge in [0, 0.05) is 11.0 Å². The van der Waals surface area contributed by atoms with Gasteiger partial charge in [0.1, 0.15) is 0 Å². The number of benzene rings is 1. The molecule has 1 aromatic rings. The minimum absolute atomic E-state index is 0.0108. The van der Waals surface area contributed by atoms with Crippen LogP contribution in [0.1, 0.15) is 31.4 Å². The Hall–Kier alpha value is -1.31. The molecule has 0 heterocycles. The van der Waals surface area contributed by atoms with Gasteiger partial charge in [-0.15, -0.1) is 0 Å². The maximum absolute atomic E-state index is 9.06. The number of rotatable bonds is 0. The van der Waals surface area contributed by atoms with Crippen molar-refractivity contribution in [1.29, 1.82) is 0 Å². The summed E-state index contributed by atoms with van der Waals surface area (Å²) in [5, 5.41) is 12.5. The van der Waals surface area contributed by atoms with Crippen LogP contribution in [0.4, 0.5) is 0 Å². The van der Waals surface area contributed by atoms with Crippen molar-refractivity contribution in [2.24, 2.45) is 10.6 Å². The standard InChI is InChI=1S/C12H15NO/c1-12(2)8-7-9-5-3-4-6-10(9)11(12)13-14/h3-6,14H,7-8H2,1-2H3/b13-11+. The van der Waals surface area contributed by atoms with Gasteiger partial charge in [-0.3, -0.25) is 0 Å². The van der Waals surface area contributed by atoms with Crippen LogP contribution < -0.4 is 0 Å². The molecule has 0 aromatic heterocycles. The lowest BCUT2D eigenvalue weighted by atomic mass is 9.73. The molecule has 0 fully saturated rings. The molecule has 1 aliphatic rings. The zero-order valence-electron chi connectivity index (χ0n) is 8.62. The van der Waals surface area contributed by atoms with E-state index >= 15 is 0 Å². The molecule has 0 bridgehead atoms. The summed E-state index contributed by atoms with van der Waals surface area (Å²) in [6.07, 6.45) is 2.12. The second-order valence-corrected chi connectivity index (χ2v) is 4.49. The van der Waals surface area contributed by atoms with E-state index in [-0.39, 0.29) is 5.41 Å². The lowest BCUT2D eigenvalue weighted by Gasteiger charge is -2.31. The zero-order chi connectivity index (χ0) is 10.2. The Kier molecular flexibility index (Phi) is 2.06. The number of nitrogens with zero attached hydrogens (tertiary/aromatic N) is 1. The Morgan fingerprint density at radius 2 is 2.00 bits per heavy atom. The molecule has 0 aliphatic heterocycles. The fraction of sp³-hybridized carbons (Fsp3) is 0.417. The van der Waals surface area contributed by atoms with Gasteiger partial charge >= 0.3 is 0 Å². The number of hydrogen-bond donors (Lipinski definition) is 1. The molecule has 0 radical (unpaired) electrons. The van der Waals surface area contributed by atoms with E-state index in [0.717, 1.165) is 24.1 Å². The predicted molar refractivity (Wildman–Crippen MR) is 56.9 cm³/mol. The molecule has 2 rings (SSSR count). The monoisotopic (exact) mass is 189 g/mol. The highest BCUT2D eigenvalue weighted by atomic mass is 16.4. The molecule has 0 amide bonds. The number of hydrogen-bond acceptors (Lipinski definition) is 2. The first-order chi connectivity index (χ1) is 6.65. The maximum atomic E-state index is 9.06. The normalized spacial score (nSPS) is 22.0. The van der Waals surface area contributed by atoms with Gasteiger partial charge in [0.05, 0.1) is 5.71 Å². The molecule has 1 aromatic carbocycles. The van der Waals surface area contributed by atoms with E-state index < -0.39 is 0 Å². The number of oxime groups is 1. The third-order valence-corrected chi connectivity index (χ3v) is 3.03. The molecule has 1 aliphatic carbocycles. The van der Waals surface area contributed by atoms with Crippen molar-refractivity contribution in [3.8, 4) is 0 Å². The van der Waals surface area contributed by atoms with Gasteiger partial charge in [-0.2, -0.15) is 0 Å². The topological polar surface area (TPSA) is 32.6 Å². The van der Waals surface area contributed by atoms with Crippen molar-refractivity contribution >= 4 is 5.71 Å². The Morgan fingerprint density at radius 1 is 1.29 bits per heavy atom. The van der Waals surface area contributed by atoms with Crippen molar-refractivity contribution in [3.63, 3.8) is 0 Å². The van der Waals surface area contributed by atoms with Crippen LogP contribution in [0, 0.1) is 5.41 Å². The molecular weight excluding hydrogens is 174 g/mol. The zero-order valence-corrected chi connectivity index (χ0v) is 8.62. The van der Waals surface area contributed by atoms with Crippen molar-refractivity contribution in [1.82, 2.24) is 0 Å². The third-order valence-electron chi connectivity index (χ3n) is 3.03. The van der Waals surface area contributed by atoms with E-state index in [2.05, 4.69) is 25.1 Å². The van der Waals surface area contributed by atoms with E-state index in [1.165, 1.54) is 5.56 Å². The van der Waals surface area contributed by atoms with Crippen molar-refractivity contribution in [2.45, 2.75) is 26.7 Å². The highest BCUT2D eigenvalue weighted by Gasteiger charge is 2.32. The van der Waals surface area contributed by atoms with Gasteiger partial charge < -0.3 is 5.21 Å². The van der Waals surface area contributed by atoms with Crippen LogP contribution in [-0.2, 0) is 6.42 Å². The van der Waals surface area contributed by atoms with Gasteiger partial charge in [-0.05, 0) is 18.4 Å². The lowest BCUT2D eigenvalue weighted by molar-refractivity contribution is 0.306. The van der Waals surface area contributed by atoms with E-state index in [9.17, 15) is 0 Å². The Morgan fingerprint density at radius 3 is 2.71 bits per heavy atom. The molecule has 1 N–H and O–H groups in total. The first-order valence-corrected chi connectivity index (χ1v) is 4.96. The minimum atomic E-state index is -0.0108. The predicted octanol–water partition coefficient (Wildman–Crippen LogP) is 2.84. The molecule has 14 heavy (non-hydrogen) atoms. The minimum Gasteiger partial charge on any atom is -0.411 e. The fourth-order valence-corrected chi connectivity index (χ4v) is 2.09. The quantitative estimate of drug-likeness (QED) is 0.494. The van der Waals surface area contributed by atoms with Gasteiger partial charge in [-0.1, -0.05) is 43.3 Å². The van der Waals surface area contributed by atoms with Crippen LogP contribution in [0.3, 0.4) is 0 Å². The van der Waals surface area contributed by atoms with Crippen LogP contribution in [0.15, 0.2) is 29.4 Å². The molecule has 0 atom stereocenters. The van der Waals surface area contributed by atoms with Crippen LogP contribution in [0.5, 0.6) is 0 Å². The molecule has 0 saturated heterocycles. The average molecular weight is 189 g/mol. The first kappa shape index (κ1) is 9.25. The summed E-state index contributed by atoms with van der Waals surface area (Å²) >= 11 is 0. The summed E-state index contributed by atoms with van der Waals surface area (Å²) < 4.78 is 0. The number of fused-ring (bicyclic) bond motifs is 1. The molecule has 0 spiro atoms. The lowest BCUT2D eigenvalue weighted by Crippen LogP contribution is -2.31. The first-order valence-electron chi connectivity index (χ1n) is 4.96. The summed E-state index contributed by atoms with van der Waals surface area (Å²) in [6.45, 7) is 4.25. The highest BCUT2D eigenvalue weighted by molar-refractivity contribution is 6.06. The molecule has 2 heteroatoms.